The topological polar surface area (TPSA) is 64.3 Å². The molecule has 1 aliphatic rings. The fourth-order valence-corrected chi connectivity index (χ4v) is 3.72. The summed E-state index contributed by atoms with van der Waals surface area (Å²) in [6, 6.07) is 5.93. The van der Waals surface area contributed by atoms with Crippen LogP contribution in [0.1, 0.15) is 35.9 Å². The van der Waals surface area contributed by atoms with Crippen LogP contribution in [0.3, 0.4) is 0 Å². The molecule has 0 aliphatic heterocycles. The number of nitrogens with one attached hydrogen (secondary N) is 1. The lowest BCUT2D eigenvalue weighted by molar-refractivity contribution is 0.0942. The highest BCUT2D eigenvalue weighted by atomic mass is 32.1. The first-order valence-electron chi connectivity index (χ1n) is 7.26. The van der Waals surface area contributed by atoms with Crippen molar-refractivity contribution >= 4 is 33.0 Å². The molecule has 1 fully saturated rings. The molecule has 1 amide bonds. The number of thiophene rings is 1. The van der Waals surface area contributed by atoms with Crippen LogP contribution in [0.2, 0.25) is 0 Å². The number of nitrogen functional groups attached to an aromatic ring is 1. The lowest BCUT2D eigenvalue weighted by Crippen LogP contribution is -2.32. The number of carbonyl (C=O) groups is 1. The normalized spacial score (nSPS) is 15.9. The molecule has 1 heterocycles. The molecule has 0 spiro atoms. The third-order valence-electron chi connectivity index (χ3n) is 3.90. The molecule has 1 unspecified atom stereocenters. The van der Waals surface area contributed by atoms with E-state index in [4.69, 9.17) is 10.5 Å². The summed E-state index contributed by atoms with van der Waals surface area (Å²) in [6.45, 7) is 2.06. The summed E-state index contributed by atoms with van der Waals surface area (Å²) >= 11 is 1.42. The minimum atomic E-state index is -0.0797. The van der Waals surface area contributed by atoms with Gasteiger partial charge in [-0.25, -0.2) is 0 Å². The van der Waals surface area contributed by atoms with E-state index in [1.807, 2.05) is 18.2 Å². The standard InChI is InChI=1S/C16H20N2O2S/c1-9(8-10-6-7-10)18-16(19)15-14(17)13-11(20-2)4-3-5-12(13)21-15/h3-5,9-10H,6-8,17H2,1-2H3,(H,18,19). The lowest BCUT2D eigenvalue weighted by atomic mass is 10.1. The van der Waals surface area contributed by atoms with E-state index in [0.717, 1.165) is 22.4 Å². The van der Waals surface area contributed by atoms with E-state index >= 15 is 0 Å². The van der Waals surface area contributed by atoms with Crippen molar-refractivity contribution in [2.24, 2.45) is 5.92 Å². The molecule has 1 aliphatic carbocycles. The van der Waals surface area contributed by atoms with Gasteiger partial charge in [0, 0.05) is 10.7 Å². The predicted molar refractivity (Wildman–Crippen MR) is 87.1 cm³/mol. The smallest absolute Gasteiger partial charge is 0.263 e. The maximum Gasteiger partial charge on any atom is 0.263 e. The highest BCUT2D eigenvalue weighted by Gasteiger charge is 2.25. The molecule has 3 rings (SSSR count). The summed E-state index contributed by atoms with van der Waals surface area (Å²) in [5.41, 5.74) is 6.69. The zero-order valence-corrected chi connectivity index (χ0v) is 13.1. The largest absolute Gasteiger partial charge is 0.496 e. The monoisotopic (exact) mass is 304 g/mol. The number of benzene rings is 1. The highest BCUT2D eigenvalue weighted by molar-refractivity contribution is 7.21. The Hall–Kier alpha value is -1.75. The van der Waals surface area contributed by atoms with Crippen LogP contribution in [0.5, 0.6) is 5.75 Å². The molecule has 21 heavy (non-hydrogen) atoms. The minimum absolute atomic E-state index is 0.0797. The summed E-state index contributed by atoms with van der Waals surface area (Å²) in [7, 11) is 1.61. The Morgan fingerprint density at radius 1 is 1.52 bits per heavy atom. The predicted octanol–water partition coefficient (Wildman–Crippen LogP) is 3.41. The van der Waals surface area contributed by atoms with Crippen LogP contribution < -0.4 is 15.8 Å². The summed E-state index contributed by atoms with van der Waals surface area (Å²) in [4.78, 5) is 13.0. The van der Waals surface area contributed by atoms with Gasteiger partial charge in [-0.05, 0) is 31.4 Å². The van der Waals surface area contributed by atoms with Crippen molar-refractivity contribution in [3.05, 3.63) is 23.1 Å². The average molecular weight is 304 g/mol. The number of nitrogens with two attached hydrogens (primary N) is 1. The van der Waals surface area contributed by atoms with Gasteiger partial charge in [0.15, 0.2) is 0 Å². The number of rotatable bonds is 5. The third-order valence-corrected chi connectivity index (χ3v) is 5.07. The van der Waals surface area contributed by atoms with Gasteiger partial charge in [-0.1, -0.05) is 18.9 Å². The van der Waals surface area contributed by atoms with Gasteiger partial charge in [0.2, 0.25) is 0 Å². The molecule has 4 nitrogen and oxygen atoms in total. The van der Waals surface area contributed by atoms with Crippen LogP contribution in [0.25, 0.3) is 10.1 Å². The zero-order valence-electron chi connectivity index (χ0n) is 12.3. The summed E-state index contributed by atoms with van der Waals surface area (Å²) < 4.78 is 6.32. The molecule has 5 heteroatoms. The molecule has 1 saturated carbocycles. The Labute approximate surface area is 128 Å². The number of fused-ring (bicyclic) bond motifs is 1. The quantitative estimate of drug-likeness (QED) is 0.889. The van der Waals surface area contributed by atoms with E-state index in [2.05, 4.69) is 12.2 Å². The molecule has 0 bridgehead atoms. The molecule has 1 aromatic heterocycles. The van der Waals surface area contributed by atoms with E-state index in [-0.39, 0.29) is 11.9 Å². The fourth-order valence-electron chi connectivity index (χ4n) is 2.68. The average Bonchev–Trinajstić information content (AvgIpc) is 3.20. The number of anilines is 1. The van der Waals surface area contributed by atoms with E-state index in [0.29, 0.717) is 16.3 Å². The molecular formula is C16H20N2O2S. The number of carbonyl (C=O) groups excluding carboxylic acids is 1. The third kappa shape index (κ3) is 2.83. The van der Waals surface area contributed by atoms with Crippen molar-refractivity contribution in [3.8, 4) is 5.75 Å². The first kappa shape index (κ1) is 14.2. The van der Waals surface area contributed by atoms with Gasteiger partial charge in [0.05, 0.1) is 18.2 Å². The summed E-state index contributed by atoms with van der Waals surface area (Å²) in [5, 5.41) is 3.90. The van der Waals surface area contributed by atoms with E-state index < -0.39 is 0 Å². The van der Waals surface area contributed by atoms with Crippen molar-refractivity contribution in [2.75, 3.05) is 12.8 Å². The second kappa shape index (κ2) is 5.56. The van der Waals surface area contributed by atoms with Crippen LogP contribution in [0.15, 0.2) is 18.2 Å². The van der Waals surface area contributed by atoms with Crippen molar-refractivity contribution in [3.63, 3.8) is 0 Å². The Morgan fingerprint density at radius 3 is 2.95 bits per heavy atom. The van der Waals surface area contributed by atoms with Gasteiger partial charge in [-0.3, -0.25) is 4.79 Å². The second-order valence-corrected chi connectivity index (χ2v) is 6.78. The van der Waals surface area contributed by atoms with Crippen molar-refractivity contribution < 1.29 is 9.53 Å². The molecule has 1 aromatic carbocycles. The second-order valence-electron chi connectivity index (χ2n) is 5.73. The van der Waals surface area contributed by atoms with Gasteiger partial charge in [0.1, 0.15) is 10.6 Å². The summed E-state index contributed by atoms with van der Waals surface area (Å²) in [5.74, 6) is 1.43. The Bertz CT molecular complexity index is 676. The van der Waals surface area contributed by atoms with Crippen LogP contribution >= 0.6 is 11.3 Å². The highest BCUT2D eigenvalue weighted by Crippen LogP contribution is 2.39. The fraction of sp³-hybridized carbons (Fsp3) is 0.438. The molecule has 0 saturated heterocycles. The Balaban J connectivity index is 1.85. The molecule has 112 valence electrons. The Kier molecular flexibility index (Phi) is 3.76. The minimum Gasteiger partial charge on any atom is -0.496 e. The van der Waals surface area contributed by atoms with Crippen LogP contribution in [-0.2, 0) is 0 Å². The maximum atomic E-state index is 12.4. The number of methoxy groups -OCH3 is 1. The van der Waals surface area contributed by atoms with E-state index in [1.165, 1.54) is 24.2 Å². The van der Waals surface area contributed by atoms with Crippen LogP contribution in [0, 0.1) is 5.92 Å². The lowest BCUT2D eigenvalue weighted by Gasteiger charge is -2.12. The number of ether oxygens (including phenoxy) is 1. The van der Waals surface area contributed by atoms with Gasteiger partial charge >= 0.3 is 0 Å². The first-order chi connectivity index (χ1) is 10.1. The molecule has 3 N–H and O–H groups in total. The van der Waals surface area contributed by atoms with Gasteiger partial charge < -0.3 is 15.8 Å². The van der Waals surface area contributed by atoms with Crippen molar-refractivity contribution in [2.45, 2.75) is 32.2 Å². The van der Waals surface area contributed by atoms with Gasteiger partial charge in [-0.15, -0.1) is 11.3 Å². The van der Waals surface area contributed by atoms with Crippen molar-refractivity contribution in [1.29, 1.82) is 0 Å². The van der Waals surface area contributed by atoms with Crippen molar-refractivity contribution in [1.82, 2.24) is 5.32 Å². The number of hydrogen-bond donors (Lipinski definition) is 2. The molecule has 1 atom stereocenters. The van der Waals surface area contributed by atoms with Gasteiger partial charge in [-0.2, -0.15) is 0 Å². The zero-order chi connectivity index (χ0) is 15.0. The first-order valence-corrected chi connectivity index (χ1v) is 8.07. The van der Waals surface area contributed by atoms with Crippen LogP contribution in [-0.4, -0.2) is 19.1 Å². The number of hydrogen-bond acceptors (Lipinski definition) is 4. The Morgan fingerprint density at radius 2 is 2.29 bits per heavy atom. The van der Waals surface area contributed by atoms with Crippen LogP contribution in [0.4, 0.5) is 5.69 Å². The van der Waals surface area contributed by atoms with E-state index in [1.54, 1.807) is 7.11 Å². The molecule has 2 aromatic rings. The summed E-state index contributed by atoms with van der Waals surface area (Å²) in [6.07, 6.45) is 3.64. The van der Waals surface area contributed by atoms with Gasteiger partial charge in [0.25, 0.3) is 5.91 Å². The molecular weight excluding hydrogens is 284 g/mol. The number of amides is 1. The SMILES string of the molecule is COc1cccc2sc(C(=O)NC(C)CC3CC3)c(N)c12. The molecule has 0 radical (unpaired) electrons. The van der Waals surface area contributed by atoms with E-state index in [9.17, 15) is 4.79 Å². The maximum absolute atomic E-state index is 12.4.